The van der Waals surface area contributed by atoms with Gasteiger partial charge in [-0.05, 0) is 24.5 Å². The fourth-order valence-corrected chi connectivity index (χ4v) is 3.66. The lowest BCUT2D eigenvalue weighted by molar-refractivity contribution is -0.131. The molecule has 1 saturated heterocycles. The van der Waals surface area contributed by atoms with Crippen LogP contribution in [0.2, 0.25) is 0 Å². The third kappa shape index (κ3) is 4.83. The zero-order valence-corrected chi connectivity index (χ0v) is 15.7. The van der Waals surface area contributed by atoms with Crippen LogP contribution in [0.3, 0.4) is 0 Å². The van der Waals surface area contributed by atoms with Crippen LogP contribution in [0.25, 0.3) is 0 Å². The van der Waals surface area contributed by atoms with E-state index in [1.165, 1.54) is 18.4 Å². The number of benzene rings is 1. The minimum absolute atomic E-state index is 0.266. The molecule has 4 rings (SSSR count). The van der Waals surface area contributed by atoms with Gasteiger partial charge in [-0.2, -0.15) is 0 Å². The van der Waals surface area contributed by atoms with Gasteiger partial charge in [0.05, 0.1) is 0 Å². The number of amides is 1. The number of carbonyl (C=O) groups excluding carboxylic acids is 1. The van der Waals surface area contributed by atoms with Gasteiger partial charge in [-0.3, -0.25) is 9.69 Å². The largest absolute Gasteiger partial charge is 0.339 e. The highest BCUT2D eigenvalue weighted by Crippen LogP contribution is 2.28. The van der Waals surface area contributed by atoms with E-state index in [-0.39, 0.29) is 5.91 Å². The van der Waals surface area contributed by atoms with Crippen molar-refractivity contribution in [2.75, 3.05) is 37.6 Å². The van der Waals surface area contributed by atoms with Crippen molar-refractivity contribution in [1.82, 2.24) is 19.8 Å². The summed E-state index contributed by atoms with van der Waals surface area (Å²) in [6.45, 7) is 4.88. The minimum atomic E-state index is 0.266. The molecule has 2 aromatic rings. The Bertz CT molecular complexity index is 727. The first-order valence-corrected chi connectivity index (χ1v) is 9.87. The van der Waals surface area contributed by atoms with Crippen LogP contribution in [-0.2, 0) is 11.3 Å². The predicted molar refractivity (Wildman–Crippen MR) is 105 cm³/mol. The van der Waals surface area contributed by atoms with Gasteiger partial charge in [0.25, 0.3) is 0 Å². The SMILES string of the molecule is O=C(CCN(Cc1ccccc1)C1CC1)N1CCN(c2ncccn2)CC1. The Morgan fingerprint density at radius 1 is 1.00 bits per heavy atom. The van der Waals surface area contributed by atoms with E-state index in [2.05, 4.69) is 50.1 Å². The molecule has 2 fully saturated rings. The van der Waals surface area contributed by atoms with Gasteiger partial charge in [0.1, 0.15) is 0 Å². The number of anilines is 1. The smallest absolute Gasteiger partial charge is 0.225 e. The van der Waals surface area contributed by atoms with Crippen molar-refractivity contribution in [1.29, 1.82) is 0 Å². The highest BCUT2D eigenvalue weighted by Gasteiger charge is 2.30. The van der Waals surface area contributed by atoms with Gasteiger partial charge in [-0.25, -0.2) is 9.97 Å². The maximum absolute atomic E-state index is 12.7. The summed E-state index contributed by atoms with van der Waals surface area (Å²) in [7, 11) is 0. The van der Waals surface area contributed by atoms with Crippen LogP contribution in [0.15, 0.2) is 48.8 Å². The molecule has 0 spiro atoms. The quantitative estimate of drug-likeness (QED) is 0.753. The third-order valence-electron chi connectivity index (χ3n) is 5.37. The summed E-state index contributed by atoms with van der Waals surface area (Å²) in [5, 5.41) is 0. The van der Waals surface area contributed by atoms with E-state index in [1.807, 2.05) is 11.0 Å². The summed E-state index contributed by atoms with van der Waals surface area (Å²) in [5.41, 5.74) is 1.33. The van der Waals surface area contributed by atoms with Crippen molar-refractivity contribution < 1.29 is 4.79 Å². The second-order valence-electron chi connectivity index (χ2n) is 7.35. The third-order valence-corrected chi connectivity index (χ3v) is 5.37. The average Bonchev–Trinajstić information content (AvgIpc) is 3.58. The Labute approximate surface area is 160 Å². The lowest BCUT2D eigenvalue weighted by Gasteiger charge is -2.35. The van der Waals surface area contributed by atoms with E-state index in [0.29, 0.717) is 12.5 Å². The van der Waals surface area contributed by atoms with Crippen molar-refractivity contribution in [3.63, 3.8) is 0 Å². The molecule has 1 aliphatic carbocycles. The van der Waals surface area contributed by atoms with Crippen LogP contribution in [0.5, 0.6) is 0 Å². The van der Waals surface area contributed by atoms with Crippen molar-refractivity contribution in [3.8, 4) is 0 Å². The second-order valence-corrected chi connectivity index (χ2v) is 7.35. The van der Waals surface area contributed by atoms with E-state index in [0.717, 1.165) is 45.2 Å². The summed E-state index contributed by atoms with van der Waals surface area (Å²) < 4.78 is 0. The predicted octanol–water partition coefficient (Wildman–Crippen LogP) is 2.18. The Morgan fingerprint density at radius 3 is 2.37 bits per heavy atom. The normalized spacial score (nSPS) is 17.4. The number of hydrogen-bond donors (Lipinski definition) is 0. The summed E-state index contributed by atoms with van der Waals surface area (Å²) in [6.07, 6.45) is 6.65. The Hall–Kier alpha value is -2.47. The number of aromatic nitrogens is 2. The summed E-state index contributed by atoms with van der Waals surface area (Å²) in [6, 6.07) is 13.0. The lowest BCUT2D eigenvalue weighted by Crippen LogP contribution is -2.49. The van der Waals surface area contributed by atoms with Crippen molar-refractivity contribution in [2.24, 2.45) is 0 Å². The first-order chi connectivity index (χ1) is 13.3. The standard InChI is InChI=1S/C21H27N5O/c27-20(24-13-15-25(16-14-24)21-22-10-4-11-23-21)9-12-26(19-7-8-19)17-18-5-2-1-3-6-18/h1-6,10-11,19H,7-9,12-17H2. The zero-order valence-electron chi connectivity index (χ0n) is 15.7. The molecule has 1 amide bonds. The van der Waals surface area contributed by atoms with Crippen molar-refractivity contribution in [3.05, 3.63) is 54.4 Å². The Kier molecular flexibility index (Phi) is 5.63. The molecule has 2 heterocycles. The monoisotopic (exact) mass is 365 g/mol. The number of piperazine rings is 1. The molecule has 27 heavy (non-hydrogen) atoms. The van der Waals surface area contributed by atoms with Gasteiger partial charge in [0, 0.05) is 64.1 Å². The average molecular weight is 365 g/mol. The van der Waals surface area contributed by atoms with Crippen LogP contribution < -0.4 is 4.90 Å². The first kappa shape index (κ1) is 17.9. The van der Waals surface area contributed by atoms with Crippen LogP contribution in [0, 0.1) is 0 Å². The number of nitrogens with zero attached hydrogens (tertiary/aromatic N) is 5. The molecule has 2 aliphatic rings. The molecule has 0 unspecified atom stereocenters. The van der Waals surface area contributed by atoms with Gasteiger partial charge in [0.2, 0.25) is 11.9 Å². The van der Waals surface area contributed by atoms with Gasteiger partial charge in [-0.1, -0.05) is 30.3 Å². The molecule has 6 heteroatoms. The summed E-state index contributed by atoms with van der Waals surface area (Å²) >= 11 is 0. The van der Waals surface area contributed by atoms with Crippen molar-refractivity contribution in [2.45, 2.75) is 31.8 Å². The minimum Gasteiger partial charge on any atom is -0.339 e. The maximum Gasteiger partial charge on any atom is 0.225 e. The maximum atomic E-state index is 12.7. The molecule has 1 aliphatic heterocycles. The van der Waals surface area contributed by atoms with Crippen LogP contribution in [0.1, 0.15) is 24.8 Å². The lowest BCUT2D eigenvalue weighted by atomic mass is 10.2. The fourth-order valence-electron chi connectivity index (χ4n) is 3.66. The van der Waals surface area contributed by atoms with E-state index in [9.17, 15) is 4.79 Å². The van der Waals surface area contributed by atoms with Crippen LogP contribution >= 0.6 is 0 Å². The molecule has 0 bridgehead atoms. The molecule has 0 radical (unpaired) electrons. The number of hydrogen-bond acceptors (Lipinski definition) is 5. The first-order valence-electron chi connectivity index (χ1n) is 9.87. The molecule has 6 nitrogen and oxygen atoms in total. The van der Waals surface area contributed by atoms with E-state index in [4.69, 9.17) is 0 Å². The highest BCUT2D eigenvalue weighted by atomic mass is 16.2. The Balaban J connectivity index is 1.25. The van der Waals surface area contributed by atoms with Crippen molar-refractivity contribution >= 4 is 11.9 Å². The molecule has 1 saturated carbocycles. The van der Waals surface area contributed by atoms with E-state index >= 15 is 0 Å². The Morgan fingerprint density at radius 2 is 1.70 bits per heavy atom. The van der Waals surface area contributed by atoms with Crippen LogP contribution in [0.4, 0.5) is 5.95 Å². The number of rotatable bonds is 7. The number of carbonyl (C=O) groups is 1. The van der Waals surface area contributed by atoms with E-state index < -0.39 is 0 Å². The van der Waals surface area contributed by atoms with Gasteiger partial charge in [-0.15, -0.1) is 0 Å². The van der Waals surface area contributed by atoms with Crippen LogP contribution in [-0.4, -0.2) is 64.4 Å². The molecular weight excluding hydrogens is 338 g/mol. The molecule has 0 atom stereocenters. The van der Waals surface area contributed by atoms with E-state index in [1.54, 1.807) is 12.4 Å². The molecule has 1 aromatic heterocycles. The van der Waals surface area contributed by atoms with Gasteiger partial charge in [0.15, 0.2) is 0 Å². The van der Waals surface area contributed by atoms with Gasteiger partial charge < -0.3 is 9.80 Å². The topological polar surface area (TPSA) is 52.6 Å². The highest BCUT2D eigenvalue weighted by molar-refractivity contribution is 5.76. The molecule has 1 aromatic carbocycles. The zero-order chi connectivity index (χ0) is 18.5. The second kappa shape index (κ2) is 8.48. The molecule has 0 N–H and O–H groups in total. The summed E-state index contributed by atoms with van der Waals surface area (Å²) in [4.78, 5) is 27.9. The molecule has 142 valence electrons. The summed E-state index contributed by atoms with van der Waals surface area (Å²) in [5.74, 6) is 1.02. The fraction of sp³-hybridized carbons (Fsp3) is 0.476. The van der Waals surface area contributed by atoms with Gasteiger partial charge >= 0.3 is 0 Å². The molecular formula is C21H27N5O.